The van der Waals surface area contributed by atoms with Gasteiger partial charge in [-0.2, -0.15) is 0 Å². The number of thiocarbonyl (C=S) groups is 1. The van der Waals surface area contributed by atoms with Crippen LogP contribution >= 0.6 is 24.0 Å². The number of thioether (sulfide) groups is 1. The van der Waals surface area contributed by atoms with Gasteiger partial charge in [0.1, 0.15) is 31.4 Å². The van der Waals surface area contributed by atoms with Crippen LogP contribution in [-0.2, 0) is 25.7 Å². The van der Waals surface area contributed by atoms with Crippen molar-refractivity contribution in [2.24, 2.45) is 0 Å². The van der Waals surface area contributed by atoms with E-state index in [1.165, 1.54) is 23.9 Å². The van der Waals surface area contributed by atoms with Crippen molar-refractivity contribution in [3.05, 3.63) is 47.0 Å². The second-order valence-corrected chi connectivity index (χ2v) is 6.06. The molecule has 0 bridgehead atoms. The molecule has 8 heteroatoms. The van der Waals surface area contributed by atoms with Crippen molar-refractivity contribution < 1.29 is 23.5 Å². The van der Waals surface area contributed by atoms with Gasteiger partial charge in [-0.05, 0) is 36.2 Å². The Morgan fingerprint density at radius 1 is 1.48 bits per heavy atom. The van der Waals surface area contributed by atoms with Crippen LogP contribution in [0.25, 0.3) is 0 Å². The first-order chi connectivity index (χ1) is 11.1. The predicted molar refractivity (Wildman–Crippen MR) is 89.2 cm³/mol. The van der Waals surface area contributed by atoms with Gasteiger partial charge in [0, 0.05) is 5.57 Å². The molecule has 124 valence electrons. The van der Waals surface area contributed by atoms with Gasteiger partial charge in [-0.1, -0.05) is 23.9 Å². The summed E-state index contributed by atoms with van der Waals surface area (Å²) < 4.78 is 24.4. The Kier molecular flexibility index (Phi) is 6.97. The smallest absolute Gasteiger partial charge is 0.220 e. The standard InChI is InChI=1S/C15H16FNO4S2/c1-23-15(22)20-8-12-13(6-18)17-21-14(12)9-19-7-10-3-2-4-11(16)5-10/h2-6,13,17H,7-9H2,1H3. The number of ether oxygens (including phenoxy) is 2. The number of hydroxylamine groups is 1. The molecule has 0 radical (unpaired) electrons. The average molecular weight is 357 g/mol. The number of rotatable bonds is 7. The molecule has 0 spiro atoms. The van der Waals surface area contributed by atoms with E-state index < -0.39 is 6.04 Å². The lowest BCUT2D eigenvalue weighted by Gasteiger charge is -2.09. The van der Waals surface area contributed by atoms with E-state index in [0.29, 0.717) is 21.3 Å². The topological polar surface area (TPSA) is 56.8 Å². The van der Waals surface area contributed by atoms with E-state index in [0.717, 1.165) is 6.29 Å². The van der Waals surface area contributed by atoms with Crippen LogP contribution < -0.4 is 5.48 Å². The van der Waals surface area contributed by atoms with Gasteiger partial charge in [-0.3, -0.25) is 0 Å². The van der Waals surface area contributed by atoms with Gasteiger partial charge in [0.25, 0.3) is 0 Å². The van der Waals surface area contributed by atoms with Crippen molar-refractivity contribution in [1.82, 2.24) is 5.48 Å². The monoisotopic (exact) mass is 357 g/mol. The van der Waals surface area contributed by atoms with Crippen LogP contribution in [0.15, 0.2) is 35.6 Å². The summed E-state index contributed by atoms with van der Waals surface area (Å²) in [5, 5.41) is 0. The minimum Gasteiger partial charge on any atom is -0.474 e. The van der Waals surface area contributed by atoms with E-state index in [1.54, 1.807) is 18.4 Å². The molecule has 1 aliphatic heterocycles. The maximum Gasteiger partial charge on any atom is 0.220 e. The number of halogens is 1. The Morgan fingerprint density at radius 2 is 2.30 bits per heavy atom. The number of benzene rings is 1. The zero-order valence-corrected chi connectivity index (χ0v) is 14.0. The van der Waals surface area contributed by atoms with E-state index >= 15 is 0 Å². The maximum atomic E-state index is 13.1. The van der Waals surface area contributed by atoms with Crippen LogP contribution in [0.3, 0.4) is 0 Å². The SMILES string of the molecule is CSC(=S)OCC1=C(COCc2cccc(F)c2)ONC1C=O. The summed E-state index contributed by atoms with van der Waals surface area (Å²) in [5.74, 6) is 0.159. The third kappa shape index (κ3) is 5.28. The Bertz CT molecular complexity index is 609. The van der Waals surface area contributed by atoms with Gasteiger partial charge in [-0.15, -0.1) is 5.48 Å². The van der Waals surface area contributed by atoms with Gasteiger partial charge in [0.2, 0.25) is 4.38 Å². The number of hydrogen-bond donors (Lipinski definition) is 1. The third-order valence-electron chi connectivity index (χ3n) is 3.08. The molecule has 0 saturated heterocycles. The Balaban J connectivity index is 1.94. The van der Waals surface area contributed by atoms with E-state index in [2.05, 4.69) is 5.48 Å². The molecule has 2 rings (SSSR count). The van der Waals surface area contributed by atoms with Crippen LogP contribution in [0, 0.1) is 5.82 Å². The third-order valence-corrected chi connectivity index (χ3v) is 4.15. The fraction of sp³-hybridized carbons (Fsp3) is 0.333. The van der Waals surface area contributed by atoms with Crippen LogP contribution in [0.4, 0.5) is 4.39 Å². The Labute approximate surface area is 143 Å². The first-order valence-electron chi connectivity index (χ1n) is 6.76. The predicted octanol–water partition coefficient (Wildman–Crippen LogP) is 2.36. The molecule has 23 heavy (non-hydrogen) atoms. The molecule has 1 aliphatic rings. The van der Waals surface area contributed by atoms with Crippen LogP contribution in [0.2, 0.25) is 0 Å². The van der Waals surface area contributed by atoms with E-state index in [4.69, 9.17) is 26.5 Å². The lowest BCUT2D eigenvalue weighted by atomic mass is 10.1. The number of carbonyl (C=O) groups is 1. The molecular weight excluding hydrogens is 341 g/mol. The van der Waals surface area contributed by atoms with E-state index in [9.17, 15) is 9.18 Å². The molecular formula is C15H16FNO4S2. The lowest BCUT2D eigenvalue weighted by molar-refractivity contribution is -0.110. The maximum absolute atomic E-state index is 13.1. The van der Waals surface area contributed by atoms with Crippen molar-refractivity contribution in [2.45, 2.75) is 12.6 Å². The number of hydrogen-bond acceptors (Lipinski definition) is 7. The molecule has 1 unspecified atom stereocenters. The average Bonchev–Trinajstić information content (AvgIpc) is 2.94. The van der Waals surface area contributed by atoms with Crippen molar-refractivity contribution >= 4 is 34.6 Å². The number of nitrogens with one attached hydrogen (secondary N) is 1. The molecule has 0 fully saturated rings. The first-order valence-corrected chi connectivity index (χ1v) is 8.40. The summed E-state index contributed by atoms with van der Waals surface area (Å²) in [5.41, 5.74) is 3.94. The molecule has 0 amide bonds. The molecule has 1 aromatic rings. The summed E-state index contributed by atoms with van der Waals surface area (Å²) in [4.78, 5) is 16.3. The minimum atomic E-state index is -0.590. The number of carbonyl (C=O) groups excluding carboxylic acids is 1. The normalized spacial score (nSPS) is 17.0. The summed E-state index contributed by atoms with van der Waals surface area (Å²) >= 11 is 6.27. The molecule has 1 N–H and O–H groups in total. The van der Waals surface area contributed by atoms with Gasteiger partial charge in [0.05, 0.1) is 6.61 Å². The second kappa shape index (κ2) is 8.97. The van der Waals surface area contributed by atoms with Crippen molar-refractivity contribution in [3.8, 4) is 0 Å². The summed E-state index contributed by atoms with van der Waals surface area (Å²) in [6.07, 6.45) is 2.53. The highest BCUT2D eigenvalue weighted by Gasteiger charge is 2.27. The Morgan fingerprint density at radius 3 is 3.00 bits per heavy atom. The highest BCUT2D eigenvalue weighted by molar-refractivity contribution is 8.22. The minimum absolute atomic E-state index is 0.137. The van der Waals surface area contributed by atoms with Gasteiger partial charge in [-0.25, -0.2) is 4.39 Å². The van der Waals surface area contributed by atoms with Crippen molar-refractivity contribution in [1.29, 1.82) is 0 Å². The molecule has 5 nitrogen and oxygen atoms in total. The van der Waals surface area contributed by atoms with Crippen molar-refractivity contribution in [3.63, 3.8) is 0 Å². The zero-order chi connectivity index (χ0) is 16.7. The fourth-order valence-corrected chi connectivity index (χ4v) is 2.17. The van der Waals surface area contributed by atoms with Gasteiger partial charge >= 0.3 is 0 Å². The van der Waals surface area contributed by atoms with Crippen LogP contribution in [0.1, 0.15) is 5.56 Å². The summed E-state index contributed by atoms with van der Waals surface area (Å²) in [7, 11) is 0. The molecule has 0 saturated carbocycles. The fourth-order valence-electron chi connectivity index (χ4n) is 1.93. The molecule has 0 aromatic heterocycles. The Hall–Kier alpha value is -1.48. The second-order valence-electron chi connectivity index (χ2n) is 4.65. The largest absolute Gasteiger partial charge is 0.474 e. The highest BCUT2D eigenvalue weighted by atomic mass is 32.2. The summed E-state index contributed by atoms with van der Waals surface area (Å²) in [6.45, 7) is 0.515. The summed E-state index contributed by atoms with van der Waals surface area (Å²) in [6, 6.07) is 5.56. The quantitative estimate of drug-likeness (QED) is 0.594. The van der Waals surface area contributed by atoms with Crippen molar-refractivity contribution in [2.75, 3.05) is 19.5 Å². The first kappa shape index (κ1) is 17.9. The number of aldehydes is 1. The van der Waals surface area contributed by atoms with E-state index in [-0.39, 0.29) is 25.6 Å². The van der Waals surface area contributed by atoms with E-state index in [1.807, 2.05) is 0 Å². The zero-order valence-electron chi connectivity index (χ0n) is 12.4. The van der Waals surface area contributed by atoms with Crippen LogP contribution in [-0.4, -0.2) is 36.2 Å². The van der Waals surface area contributed by atoms with Gasteiger partial charge in [0.15, 0.2) is 5.76 Å². The molecule has 1 heterocycles. The molecule has 1 aromatic carbocycles. The molecule has 1 atom stereocenters. The highest BCUT2D eigenvalue weighted by Crippen LogP contribution is 2.19. The van der Waals surface area contributed by atoms with Crippen LogP contribution in [0.5, 0.6) is 0 Å². The molecule has 0 aliphatic carbocycles. The van der Waals surface area contributed by atoms with Gasteiger partial charge < -0.3 is 19.1 Å². The lowest BCUT2D eigenvalue weighted by Crippen LogP contribution is -2.27.